The van der Waals surface area contributed by atoms with Gasteiger partial charge < -0.3 is 14.2 Å². The number of fused-ring (bicyclic) bond motifs is 2. The molecular weight excluding hydrogens is 384 g/mol. The van der Waals surface area contributed by atoms with Gasteiger partial charge in [0.15, 0.2) is 5.41 Å². The quantitative estimate of drug-likeness (QED) is 0.414. The third kappa shape index (κ3) is 3.03. The van der Waals surface area contributed by atoms with Crippen LogP contribution in [0.15, 0.2) is 30.3 Å². The summed E-state index contributed by atoms with van der Waals surface area (Å²) in [5.41, 5.74) is -1.16. The molecule has 2 aliphatic carbocycles. The van der Waals surface area contributed by atoms with Gasteiger partial charge in [-0.1, -0.05) is 49.6 Å². The zero-order valence-corrected chi connectivity index (χ0v) is 17.7. The van der Waals surface area contributed by atoms with Crippen LogP contribution in [0, 0.1) is 16.7 Å². The predicted molar refractivity (Wildman–Crippen MR) is 108 cm³/mol. The Hall–Kier alpha value is -2.37. The van der Waals surface area contributed by atoms with Crippen LogP contribution < -0.4 is 0 Å². The summed E-state index contributed by atoms with van der Waals surface area (Å²) < 4.78 is 16.7. The molecule has 3 atom stereocenters. The minimum absolute atomic E-state index is 0.160. The van der Waals surface area contributed by atoms with Crippen molar-refractivity contribution in [2.45, 2.75) is 64.4 Å². The van der Waals surface area contributed by atoms with Gasteiger partial charge >= 0.3 is 17.9 Å². The molecule has 0 amide bonds. The molecule has 3 aliphatic rings. The van der Waals surface area contributed by atoms with Gasteiger partial charge in [0.2, 0.25) is 0 Å². The summed E-state index contributed by atoms with van der Waals surface area (Å²) in [6.07, 6.45) is 4.81. The monoisotopic (exact) mass is 414 g/mol. The minimum atomic E-state index is -1.55. The van der Waals surface area contributed by atoms with E-state index in [0.717, 1.165) is 37.7 Å². The Kier molecular flexibility index (Phi) is 5.60. The highest BCUT2D eigenvalue weighted by Crippen LogP contribution is 2.65. The van der Waals surface area contributed by atoms with E-state index in [1.54, 1.807) is 13.8 Å². The molecule has 6 heteroatoms. The van der Waals surface area contributed by atoms with E-state index < -0.39 is 29.2 Å². The summed E-state index contributed by atoms with van der Waals surface area (Å²) >= 11 is 0. The number of hydrogen-bond acceptors (Lipinski definition) is 6. The number of carbonyl (C=O) groups excluding carboxylic acids is 3. The summed E-state index contributed by atoms with van der Waals surface area (Å²) in [6.45, 7) is 3.78. The smallest absolute Gasteiger partial charge is 0.324 e. The Morgan fingerprint density at radius 1 is 1.00 bits per heavy atom. The molecule has 1 aliphatic heterocycles. The lowest BCUT2D eigenvalue weighted by Gasteiger charge is -2.60. The molecule has 1 aromatic rings. The first-order valence-corrected chi connectivity index (χ1v) is 11.1. The maximum atomic E-state index is 13.6. The molecule has 4 rings (SSSR count). The number of rotatable bonds is 5. The van der Waals surface area contributed by atoms with E-state index in [1.165, 1.54) is 0 Å². The van der Waals surface area contributed by atoms with Crippen molar-refractivity contribution in [2.24, 2.45) is 16.7 Å². The van der Waals surface area contributed by atoms with Crippen molar-refractivity contribution in [3.05, 3.63) is 35.9 Å². The van der Waals surface area contributed by atoms with Crippen LogP contribution in [0.25, 0.3) is 0 Å². The van der Waals surface area contributed by atoms with Gasteiger partial charge in [0.1, 0.15) is 12.0 Å². The molecule has 1 spiro atoms. The van der Waals surface area contributed by atoms with Crippen LogP contribution in [0.5, 0.6) is 0 Å². The van der Waals surface area contributed by atoms with Gasteiger partial charge in [0, 0.05) is 11.3 Å². The second-order valence-electron chi connectivity index (χ2n) is 8.78. The molecule has 0 radical (unpaired) electrons. The van der Waals surface area contributed by atoms with Crippen LogP contribution in [-0.4, -0.2) is 37.2 Å². The summed E-state index contributed by atoms with van der Waals surface area (Å²) in [4.78, 5) is 39.9. The van der Waals surface area contributed by atoms with Crippen molar-refractivity contribution in [1.29, 1.82) is 0 Å². The molecule has 1 saturated heterocycles. The summed E-state index contributed by atoms with van der Waals surface area (Å²) in [6, 6.07) is 9.35. The maximum Gasteiger partial charge on any atom is 0.324 e. The van der Waals surface area contributed by atoms with Gasteiger partial charge in [-0.2, -0.15) is 0 Å². The average Bonchev–Trinajstić information content (AvgIpc) is 2.75. The summed E-state index contributed by atoms with van der Waals surface area (Å²) in [5.74, 6) is -2.71. The molecular formula is C24H30O6. The molecule has 1 heterocycles. The van der Waals surface area contributed by atoms with Crippen LogP contribution >= 0.6 is 0 Å². The second kappa shape index (κ2) is 8.05. The van der Waals surface area contributed by atoms with E-state index in [2.05, 4.69) is 0 Å². The third-order valence-corrected chi connectivity index (χ3v) is 7.25. The van der Waals surface area contributed by atoms with Gasteiger partial charge in [-0.25, -0.2) is 0 Å². The van der Waals surface area contributed by atoms with E-state index in [0.29, 0.717) is 6.42 Å². The van der Waals surface area contributed by atoms with Crippen LogP contribution in [0.4, 0.5) is 0 Å². The standard InChI is InChI=1S/C24H30O6/c1-3-28-21(26)24(22(27)29-4-2)15-23(13-9-6-10-14-23)19-17(20(25)30-19)18(24)16-11-7-5-8-12-16/h5,7-8,11-12,17-19H,3-4,6,9-10,13-15H2,1-2H3/t17-,18-,19-/m0/s1. The molecule has 30 heavy (non-hydrogen) atoms. The van der Waals surface area contributed by atoms with Gasteiger partial charge in [0.05, 0.1) is 13.2 Å². The first kappa shape index (κ1) is 20.9. The third-order valence-electron chi connectivity index (χ3n) is 7.25. The average molecular weight is 414 g/mol. The van der Waals surface area contributed by atoms with Gasteiger partial charge in [-0.3, -0.25) is 14.4 Å². The van der Waals surface area contributed by atoms with Gasteiger partial charge in [-0.15, -0.1) is 0 Å². The van der Waals surface area contributed by atoms with Crippen molar-refractivity contribution in [2.75, 3.05) is 13.2 Å². The Morgan fingerprint density at radius 3 is 2.13 bits per heavy atom. The molecule has 0 unspecified atom stereocenters. The number of hydrogen-bond donors (Lipinski definition) is 0. The summed E-state index contributed by atoms with van der Waals surface area (Å²) in [5, 5.41) is 0. The van der Waals surface area contributed by atoms with E-state index >= 15 is 0 Å². The first-order valence-electron chi connectivity index (χ1n) is 11.1. The zero-order valence-electron chi connectivity index (χ0n) is 17.7. The van der Waals surface area contributed by atoms with Crippen molar-refractivity contribution in [3.8, 4) is 0 Å². The molecule has 1 aromatic carbocycles. The maximum absolute atomic E-state index is 13.6. The van der Waals surface area contributed by atoms with Crippen LogP contribution in [-0.2, 0) is 28.6 Å². The Morgan fingerprint density at radius 2 is 1.60 bits per heavy atom. The fourth-order valence-electron chi connectivity index (χ4n) is 6.09. The van der Waals surface area contributed by atoms with Crippen molar-refractivity contribution >= 4 is 17.9 Å². The number of benzene rings is 1. The number of carbonyl (C=O) groups is 3. The van der Waals surface area contributed by atoms with E-state index in [1.807, 2.05) is 30.3 Å². The Bertz CT molecular complexity index is 792. The lowest BCUT2D eigenvalue weighted by molar-refractivity contribution is -0.240. The fraction of sp³-hybridized carbons (Fsp3) is 0.625. The number of esters is 3. The lowest BCUT2D eigenvalue weighted by atomic mass is 9.46. The Labute approximate surface area is 177 Å². The molecule has 2 saturated carbocycles. The zero-order chi connectivity index (χ0) is 21.4. The molecule has 6 nitrogen and oxygen atoms in total. The predicted octanol–water partition coefficient (Wildman–Crippen LogP) is 3.78. The topological polar surface area (TPSA) is 78.9 Å². The van der Waals surface area contributed by atoms with Crippen molar-refractivity contribution in [1.82, 2.24) is 0 Å². The minimum Gasteiger partial charge on any atom is -0.465 e. The highest BCUT2D eigenvalue weighted by Gasteiger charge is 2.73. The van der Waals surface area contributed by atoms with Crippen LogP contribution in [0.2, 0.25) is 0 Å². The molecule has 0 bridgehead atoms. The highest BCUT2D eigenvalue weighted by molar-refractivity contribution is 6.03. The van der Waals surface area contributed by atoms with E-state index in [4.69, 9.17) is 14.2 Å². The molecule has 0 aromatic heterocycles. The van der Waals surface area contributed by atoms with Gasteiger partial charge in [0.25, 0.3) is 0 Å². The first-order chi connectivity index (χ1) is 14.5. The second-order valence-corrected chi connectivity index (χ2v) is 8.78. The van der Waals surface area contributed by atoms with Crippen LogP contribution in [0.1, 0.15) is 63.9 Å². The number of ether oxygens (including phenoxy) is 3. The SMILES string of the molecule is CCOC(=O)C1(C(=O)OCC)CC2(CCCCC2)[C@H]2OC(=O)[C@H]2[C@@H]1c1ccccc1. The van der Waals surface area contributed by atoms with Gasteiger partial charge in [-0.05, 0) is 38.7 Å². The molecule has 3 fully saturated rings. The lowest BCUT2D eigenvalue weighted by Crippen LogP contribution is -2.68. The van der Waals surface area contributed by atoms with Crippen LogP contribution in [0.3, 0.4) is 0 Å². The molecule has 162 valence electrons. The summed E-state index contributed by atoms with van der Waals surface area (Å²) in [7, 11) is 0. The fourth-order valence-corrected chi connectivity index (χ4v) is 6.09. The van der Waals surface area contributed by atoms with E-state index in [-0.39, 0.29) is 30.7 Å². The normalized spacial score (nSPS) is 28.6. The molecule has 0 N–H and O–H groups in total. The Balaban J connectivity index is 1.91. The largest absolute Gasteiger partial charge is 0.465 e. The van der Waals surface area contributed by atoms with Crippen molar-refractivity contribution < 1.29 is 28.6 Å². The highest BCUT2D eigenvalue weighted by atomic mass is 16.6. The van der Waals surface area contributed by atoms with E-state index in [9.17, 15) is 14.4 Å². The van der Waals surface area contributed by atoms with Crippen molar-refractivity contribution in [3.63, 3.8) is 0 Å².